The molecule has 152 valence electrons. The number of rotatable bonds is 6. The molecule has 7 nitrogen and oxygen atoms in total. The maximum Gasteiger partial charge on any atom is 0.328 e. The van der Waals surface area contributed by atoms with Crippen molar-refractivity contribution in [3.05, 3.63) is 35.4 Å². The predicted octanol–water partition coefficient (Wildman–Crippen LogP) is 1.86. The summed E-state index contributed by atoms with van der Waals surface area (Å²) in [4.78, 5) is 40.3. The van der Waals surface area contributed by atoms with Crippen LogP contribution in [0.25, 0.3) is 0 Å². The SMILES string of the molecule is COCCN1C(=O)c2ccccc2C(C(=O)NC(C)C(=O)OC)C12CCCC2. The molecule has 28 heavy (non-hydrogen) atoms. The first-order valence-electron chi connectivity index (χ1n) is 9.74. The summed E-state index contributed by atoms with van der Waals surface area (Å²) in [6, 6.07) is 6.53. The summed E-state index contributed by atoms with van der Waals surface area (Å²) < 4.78 is 9.98. The van der Waals surface area contributed by atoms with Crippen molar-refractivity contribution in [2.45, 2.75) is 50.1 Å². The lowest BCUT2D eigenvalue weighted by molar-refractivity contribution is -0.145. The minimum Gasteiger partial charge on any atom is -0.467 e. The van der Waals surface area contributed by atoms with E-state index in [9.17, 15) is 14.4 Å². The molecule has 2 atom stereocenters. The maximum absolute atomic E-state index is 13.4. The Morgan fingerprint density at radius 1 is 1.25 bits per heavy atom. The molecule has 1 saturated carbocycles. The second-order valence-electron chi connectivity index (χ2n) is 7.53. The molecule has 1 aromatic rings. The van der Waals surface area contributed by atoms with E-state index in [0.29, 0.717) is 18.7 Å². The molecule has 1 aromatic carbocycles. The summed E-state index contributed by atoms with van der Waals surface area (Å²) in [7, 11) is 2.90. The van der Waals surface area contributed by atoms with Crippen molar-refractivity contribution in [3.8, 4) is 0 Å². The van der Waals surface area contributed by atoms with Crippen molar-refractivity contribution in [1.82, 2.24) is 10.2 Å². The Bertz CT molecular complexity index is 757. The van der Waals surface area contributed by atoms with E-state index in [1.54, 1.807) is 20.1 Å². The molecule has 0 saturated heterocycles. The first-order chi connectivity index (χ1) is 13.5. The van der Waals surface area contributed by atoms with Gasteiger partial charge in [-0.3, -0.25) is 9.59 Å². The number of esters is 1. The summed E-state index contributed by atoms with van der Waals surface area (Å²) in [6.45, 7) is 2.44. The van der Waals surface area contributed by atoms with Gasteiger partial charge in [0.25, 0.3) is 5.91 Å². The van der Waals surface area contributed by atoms with E-state index >= 15 is 0 Å². The summed E-state index contributed by atoms with van der Waals surface area (Å²) in [6.07, 6.45) is 3.41. The Morgan fingerprint density at radius 3 is 2.57 bits per heavy atom. The first kappa shape index (κ1) is 20.3. The Hall–Kier alpha value is -2.41. The third-order valence-corrected chi connectivity index (χ3v) is 5.99. The average Bonchev–Trinajstić information content (AvgIpc) is 3.17. The molecule has 3 rings (SSSR count). The molecule has 2 aliphatic rings. The standard InChI is InChI=1S/C21H28N2O5/c1-14(20(26)28-3)22-18(24)17-15-8-4-5-9-16(15)19(25)23(12-13-27-2)21(17)10-6-7-11-21/h4-5,8-9,14,17H,6-7,10-13H2,1-3H3,(H,22,24). The number of carbonyl (C=O) groups excluding carboxylic acids is 3. The van der Waals surface area contributed by atoms with E-state index in [2.05, 4.69) is 5.32 Å². The van der Waals surface area contributed by atoms with E-state index in [0.717, 1.165) is 31.2 Å². The van der Waals surface area contributed by atoms with Crippen LogP contribution in [0.15, 0.2) is 24.3 Å². The van der Waals surface area contributed by atoms with Crippen LogP contribution < -0.4 is 5.32 Å². The molecular formula is C21H28N2O5. The van der Waals surface area contributed by atoms with Gasteiger partial charge in [-0.2, -0.15) is 0 Å². The fourth-order valence-corrected chi connectivity index (χ4v) is 4.71. The van der Waals surface area contributed by atoms with Gasteiger partial charge in [-0.25, -0.2) is 4.79 Å². The van der Waals surface area contributed by atoms with Gasteiger partial charge in [0, 0.05) is 19.2 Å². The van der Waals surface area contributed by atoms with Crippen molar-refractivity contribution < 1.29 is 23.9 Å². The van der Waals surface area contributed by atoms with Gasteiger partial charge >= 0.3 is 5.97 Å². The van der Waals surface area contributed by atoms with Crippen molar-refractivity contribution >= 4 is 17.8 Å². The molecule has 7 heteroatoms. The molecule has 1 aliphatic carbocycles. The molecule has 1 N–H and O–H groups in total. The van der Waals surface area contributed by atoms with E-state index in [1.165, 1.54) is 7.11 Å². The number of hydrogen-bond acceptors (Lipinski definition) is 5. The highest BCUT2D eigenvalue weighted by Crippen LogP contribution is 2.50. The van der Waals surface area contributed by atoms with E-state index in [-0.39, 0.29) is 11.8 Å². The van der Waals surface area contributed by atoms with Gasteiger partial charge in [0.05, 0.1) is 25.2 Å². The minimum absolute atomic E-state index is 0.0559. The first-order valence-corrected chi connectivity index (χ1v) is 9.74. The quantitative estimate of drug-likeness (QED) is 0.752. The number of benzene rings is 1. The van der Waals surface area contributed by atoms with Crippen LogP contribution in [0.3, 0.4) is 0 Å². The maximum atomic E-state index is 13.4. The molecule has 2 amide bonds. The topological polar surface area (TPSA) is 84.9 Å². The Balaban J connectivity index is 2.05. The van der Waals surface area contributed by atoms with Gasteiger partial charge in [-0.1, -0.05) is 31.0 Å². The van der Waals surface area contributed by atoms with Crippen LogP contribution in [0.2, 0.25) is 0 Å². The minimum atomic E-state index is -0.756. The second-order valence-corrected chi connectivity index (χ2v) is 7.53. The molecule has 0 aromatic heterocycles. The zero-order valence-electron chi connectivity index (χ0n) is 16.7. The highest BCUT2D eigenvalue weighted by Gasteiger charge is 2.55. The highest BCUT2D eigenvalue weighted by atomic mass is 16.5. The monoisotopic (exact) mass is 388 g/mol. The Kier molecular flexibility index (Phi) is 6.03. The molecule has 1 aliphatic heterocycles. The smallest absolute Gasteiger partial charge is 0.328 e. The fourth-order valence-electron chi connectivity index (χ4n) is 4.71. The Morgan fingerprint density at radius 2 is 1.93 bits per heavy atom. The largest absolute Gasteiger partial charge is 0.467 e. The normalized spacial score (nSPS) is 21.3. The third kappa shape index (κ3) is 3.39. The van der Waals surface area contributed by atoms with Crippen molar-refractivity contribution in [1.29, 1.82) is 0 Å². The van der Waals surface area contributed by atoms with Crippen LogP contribution >= 0.6 is 0 Å². The van der Waals surface area contributed by atoms with Crippen molar-refractivity contribution in [2.24, 2.45) is 0 Å². The van der Waals surface area contributed by atoms with Gasteiger partial charge in [-0.05, 0) is 31.4 Å². The van der Waals surface area contributed by atoms with Crippen LogP contribution in [0, 0.1) is 0 Å². The zero-order valence-corrected chi connectivity index (χ0v) is 16.7. The van der Waals surface area contributed by atoms with Crippen molar-refractivity contribution in [2.75, 3.05) is 27.4 Å². The Labute approximate surface area is 165 Å². The lowest BCUT2D eigenvalue weighted by Crippen LogP contribution is -2.62. The predicted molar refractivity (Wildman–Crippen MR) is 103 cm³/mol. The van der Waals surface area contributed by atoms with E-state index in [1.807, 2.05) is 23.1 Å². The number of fused-ring (bicyclic) bond motifs is 1. The summed E-state index contributed by atoms with van der Waals surface area (Å²) in [5.74, 6) is -1.33. The van der Waals surface area contributed by atoms with Gasteiger partial charge in [0.1, 0.15) is 6.04 Å². The number of carbonyl (C=O) groups is 3. The second kappa shape index (κ2) is 8.31. The molecule has 0 radical (unpaired) electrons. The highest BCUT2D eigenvalue weighted by molar-refractivity contribution is 6.02. The zero-order chi connectivity index (χ0) is 20.3. The summed E-state index contributed by atoms with van der Waals surface area (Å²) >= 11 is 0. The fraction of sp³-hybridized carbons (Fsp3) is 0.571. The number of hydrogen-bond donors (Lipinski definition) is 1. The van der Waals surface area contributed by atoms with E-state index < -0.39 is 23.5 Å². The molecule has 1 fully saturated rings. The van der Waals surface area contributed by atoms with Gasteiger partial charge < -0.3 is 19.7 Å². The van der Waals surface area contributed by atoms with Gasteiger partial charge in [0.2, 0.25) is 5.91 Å². The van der Waals surface area contributed by atoms with Gasteiger partial charge in [0.15, 0.2) is 0 Å². The number of nitrogens with one attached hydrogen (secondary N) is 1. The van der Waals surface area contributed by atoms with Crippen molar-refractivity contribution in [3.63, 3.8) is 0 Å². The molecule has 1 spiro atoms. The van der Waals surface area contributed by atoms with E-state index in [4.69, 9.17) is 9.47 Å². The van der Waals surface area contributed by atoms with Crippen LogP contribution in [0.4, 0.5) is 0 Å². The van der Waals surface area contributed by atoms with Gasteiger partial charge in [-0.15, -0.1) is 0 Å². The number of amides is 2. The summed E-state index contributed by atoms with van der Waals surface area (Å²) in [5.41, 5.74) is 0.684. The number of nitrogens with zero attached hydrogens (tertiary/aromatic N) is 1. The molecular weight excluding hydrogens is 360 g/mol. The third-order valence-electron chi connectivity index (χ3n) is 5.99. The lowest BCUT2D eigenvalue weighted by atomic mass is 9.71. The lowest BCUT2D eigenvalue weighted by Gasteiger charge is -2.50. The molecule has 1 heterocycles. The molecule has 0 bridgehead atoms. The van der Waals surface area contributed by atoms with Crippen LogP contribution in [-0.4, -0.2) is 61.6 Å². The van der Waals surface area contributed by atoms with Crippen LogP contribution in [-0.2, 0) is 19.1 Å². The van der Waals surface area contributed by atoms with Crippen LogP contribution in [0.1, 0.15) is 54.4 Å². The number of methoxy groups -OCH3 is 2. The average molecular weight is 388 g/mol. The van der Waals surface area contributed by atoms with Crippen LogP contribution in [0.5, 0.6) is 0 Å². The summed E-state index contributed by atoms with van der Waals surface area (Å²) in [5, 5.41) is 2.80. The number of ether oxygens (including phenoxy) is 2. The molecule has 2 unspecified atom stereocenters.